The van der Waals surface area contributed by atoms with Crippen LogP contribution in [0.5, 0.6) is 0 Å². The molecule has 0 fully saturated rings. The van der Waals surface area contributed by atoms with E-state index in [1.54, 1.807) is 13.0 Å². The number of rotatable bonds is 6. The normalized spacial score (nSPS) is 10.6. The first-order valence-corrected chi connectivity index (χ1v) is 7.88. The number of carbonyl (C=O) groups excluding carboxylic acids is 2. The highest BCUT2D eigenvalue weighted by molar-refractivity contribution is 5.97. The largest absolute Gasteiger partial charge is 0.465 e. The number of hydrogen-bond acceptors (Lipinski definition) is 6. The molecule has 2 aromatic rings. The minimum Gasteiger partial charge on any atom is -0.465 e. The minimum atomic E-state index is -0.958. The second kappa shape index (κ2) is 7.34. The number of esters is 1. The molecule has 2 heterocycles. The van der Waals surface area contributed by atoms with Crippen LogP contribution in [0.2, 0.25) is 0 Å². The van der Waals surface area contributed by atoms with Crippen molar-refractivity contribution in [2.24, 2.45) is 0 Å². The third-order valence-electron chi connectivity index (χ3n) is 4.19. The maximum Gasteiger partial charge on any atom is 0.339 e. The Morgan fingerprint density at radius 1 is 1.27 bits per heavy atom. The van der Waals surface area contributed by atoms with Gasteiger partial charge in [-0.15, -0.1) is 0 Å². The highest BCUT2D eigenvalue weighted by atomic mass is 16.6. The lowest BCUT2D eigenvalue weighted by molar-refractivity contribution is -0.386. The zero-order valence-electron chi connectivity index (χ0n) is 14.9. The number of ether oxygens (including phenoxy) is 1. The van der Waals surface area contributed by atoms with E-state index >= 15 is 0 Å². The van der Waals surface area contributed by atoms with Gasteiger partial charge in [-0.3, -0.25) is 19.7 Å². The summed E-state index contributed by atoms with van der Waals surface area (Å²) in [6.45, 7) is 5.87. The lowest BCUT2D eigenvalue weighted by Gasteiger charge is -2.08. The van der Waals surface area contributed by atoms with Crippen LogP contribution >= 0.6 is 0 Å². The van der Waals surface area contributed by atoms with Gasteiger partial charge in [-0.2, -0.15) is 0 Å². The van der Waals surface area contributed by atoms with Crippen molar-refractivity contribution >= 4 is 17.4 Å². The molecule has 2 rings (SSSR count). The van der Waals surface area contributed by atoms with Gasteiger partial charge >= 0.3 is 17.2 Å². The number of pyridine rings is 1. The van der Waals surface area contributed by atoms with E-state index in [-0.39, 0.29) is 11.3 Å². The van der Waals surface area contributed by atoms with Crippen LogP contribution in [-0.4, -0.2) is 32.9 Å². The number of carbonyl (C=O) groups is 2. The molecule has 9 heteroatoms. The van der Waals surface area contributed by atoms with Crippen molar-refractivity contribution in [3.63, 3.8) is 0 Å². The average molecular weight is 361 g/mol. The molecule has 0 atom stereocenters. The van der Waals surface area contributed by atoms with Crippen LogP contribution < -0.4 is 5.56 Å². The predicted octanol–water partition coefficient (Wildman–Crippen LogP) is 1.86. The third kappa shape index (κ3) is 3.41. The summed E-state index contributed by atoms with van der Waals surface area (Å²) < 4.78 is 7.36. The first-order chi connectivity index (χ1) is 12.2. The van der Waals surface area contributed by atoms with E-state index in [9.17, 15) is 24.5 Å². The van der Waals surface area contributed by atoms with Gasteiger partial charge < -0.3 is 13.9 Å². The third-order valence-corrected chi connectivity index (χ3v) is 4.19. The molecule has 0 aliphatic rings. The zero-order valence-corrected chi connectivity index (χ0v) is 14.9. The summed E-state index contributed by atoms with van der Waals surface area (Å²) in [5.41, 5.74) is 0.157. The standard InChI is InChI=1S/C17H19N3O6/c1-5-19-10(2)6-13(11(19)3)15(21)9-18-8-12(17(23)26-4)7-14(16(18)22)20(24)25/h6-8H,5,9H2,1-4H3. The van der Waals surface area contributed by atoms with E-state index in [0.717, 1.165) is 35.3 Å². The van der Waals surface area contributed by atoms with Crippen molar-refractivity contribution in [3.8, 4) is 0 Å². The fourth-order valence-electron chi connectivity index (χ4n) is 2.91. The molecule has 0 bridgehead atoms. The molecular formula is C17H19N3O6. The molecule has 0 spiro atoms. The zero-order chi connectivity index (χ0) is 19.6. The Bertz CT molecular complexity index is 954. The van der Waals surface area contributed by atoms with Crippen molar-refractivity contribution in [2.45, 2.75) is 33.9 Å². The van der Waals surface area contributed by atoms with E-state index in [1.165, 1.54) is 0 Å². The molecule has 0 saturated carbocycles. The summed E-state index contributed by atoms with van der Waals surface area (Å²) in [5.74, 6) is -1.21. The van der Waals surface area contributed by atoms with Gasteiger partial charge in [0.25, 0.3) is 0 Å². The molecule has 2 aromatic heterocycles. The van der Waals surface area contributed by atoms with E-state index in [1.807, 2.05) is 18.4 Å². The molecule has 0 aromatic carbocycles. The predicted molar refractivity (Wildman–Crippen MR) is 92.6 cm³/mol. The number of nitro groups is 1. The maximum absolute atomic E-state index is 12.6. The van der Waals surface area contributed by atoms with Crippen molar-refractivity contribution < 1.29 is 19.2 Å². The monoisotopic (exact) mass is 361 g/mol. The van der Waals surface area contributed by atoms with Crippen LogP contribution in [0.25, 0.3) is 0 Å². The van der Waals surface area contributed by atoms with Gasteiger partial charge in [-0.25, -0.2) is 4.79 Å². The van der Waals surface area contributed by atoms with Crippen molar-refractivity contribution in [3.05, 3.63) is 61.3 Å². The molecule has 0 aliphatic heterocycles. The Hall–Kier alpha value is -3.23. The number of hydrogen-bond donors (Lipinski definition) is 0. The number of methoxy groups -OCH3 is 1. The summed E-state index contributed by atoms with van der Waals surface area (Å²) >= 11 is 0. The van der Waals surface area contributed by atoms with Crippen LogP contribution in [0.15, 0.2) is 23.1 Å². The SMILES string of the molecule is CCn1c(C)cc(C(=O)Cn2cc(C(=O)OC)cc([N+](=O)[O-])c2=O)c1C. The lowest BCUT2D eigenvalue weighted by atomic mass is 10.1. The summed E-state index contributed by atoms with van der Waals surface area (Å²) in [6, 6.07) is 2.56. The molecular weight excluding hydrogens is 342 g/mol. The first-order valence-electron chi connectivity index (χ1n) is 7.88. The van der Waals surface area contributed by atoms with Crippen LogP contribution in [0.3, 0.4) is 0 Å². The smallest absolute Gasteiger partial charge is 0.339 e. The molecule has 0 radical (unpaired) electrons. The molecule has 0 N–H and O–H groups in total. The minimum absolute atomic E-state index is 0.175. The Morgan fingerprint density at radius 3 is 2.42 bits per heavy atom. The van der Waals surface area contributed by atoms with Gasteiger partial charge in [-0.05, 0) is 26.8 Å². The van der Waals surface area contributed by atoms with Gasteiger partial charge in [0.15, 0.2) is 5.78 Å². The maximum atomic E-state index is 12.6. The molecule has 0 amide bonds. The van der Waals surface area contributed by atoms with E-state index in [4.69, 9.17) is 0 Å². The Kier molecular flexibility index (Phi) is 5.39. The lowest BCUT2D eigenvalue weighted by Crippen LogP contribution is -2.27. The van der Waals surface area contributed by atoms with E-state index in [2.05, 4.69) is 4.74 Å². The molecule has 0 aliphatic carbocycles. The number of ketones is 1. The van der Waals surface area contributed by atoms with Crippen LogP contribution in [0.4, 0.5) is 5.69 Å². The van der Waals surface area contributed by atoms with Crippen molar-refractivity contribution in [1.29, 1.82) is 0 Å². The number of nitrogens with zero attached hydrogens (tertiary/aromatic N) is 3. The fourth-order valence-corrected chi connectivity index (χ4v) is 2.91. The fraction of sp³-hybridized carbons (Fsp3) is 0.353. The summed E-state index contributed by atoms with van der Waals surface area (Å²) in [4.78, 5) is 46.8. The molecule has 138 valence electrons. The Balaban J connectivity index is 2.50. The number of Topliss-reactive ketones (excluding diaryl/α,β-unsaturated/α-hetero) is 1. The summed E-state index contributed by atoms with van der Waals surface area (Å²) in [6.07, 6.45) is 1.10. The quantitative estimate of drug-likeness (QED) is 0.336. The first kappa shape index (κ1) is 19.1. The van der Waals surface area contributed by atoms with Gasteiger partial charge in [0.2, 0.25) is 0 Å². The van der Waals surface area contributed by atoms with Crippen molar-refractivity contribution in [1.82, 2.24) is 9.13 Å². The number of aryl methyl sites for hydroxylation is 1. The van der Waals surface area contributed by atoms with Crippen LogP contribution in [0, 0.1) is 24.0 Å². The second-order valence-corrected chi connectivity index (χ2v) is 5.75. The van der Waals surface area contributed by atoms with Crippen LogP contribution in [0.1, 0.15) is 39.0 Å². The molecule has 0 unspecified atom stereocenters. The van der Waals surface area contributed by atoms with Crippen molar-refractivity contribution in [2.75, 3.05) is 7.11 Å². The highest BCUT2D eigenvalue weighted by Gasteiger charge is 2.22. The molecule has 0 saturated heterocycles. The molecule has 9 nitrogen and oxygen atoms in total. The van der Waals surface area contributed by atoms with Crippen LogP contribution in [-0.2, 0) is 17.8 Å². The van der Waals surface area contributed by atoms with E-state index in [0.29, 0.717) is 12.1 Å². The average Bonchev–Trinajstić information content (AvgIpc) is 2.89. The topological polar surface area (TPSA) is 113 Å². The summed E-state index contributed by atoms with van der Waals surface area (Å²) in [7, 11) is 1.12. The number of aromatic nitrogens is 2. The second-order valence-electron chi connectivity index (χ2n) is 5.75. The van der Waals surface area contributed by atoms with Gasteiger partial charge in [-0.1, -0.05) is 0 Å². The highest BCUT2D eigenvalue weighted by Crippen LogP contribution is 2.17. The summed E-state index contributed by atoms with van der Waals surface area (Å²) in [5, 5.41) is 11.1. The Morgan fingerprint density at radius 2 is 1.92 bits per heavy atom. The Labute approximate surface area is 149 Å². The van der Waals surface area contributed by atoms with Gasteiger partial charge in [0, 0.05) is 35.8 Å². The van der Waals surface area contributed by atoms with E-state index < -0.39 is 28.7 Å². The molecule has 26 heavy (non-hydrogen) atoms. The van der Waals surface area contributed by atoms with Gasteiger partial charge in [0.05, 0.1) is 24.1 Å². The van der Waals surface area contributed by atoms with Gasteiger partial charge in [0.1, 0.15) is 0 Å².